The third-order valence-electron chi connectivity index (χ3n) is 8.67. The molecule has 3 fully saturated rings. The summed E-state index contributed by atoms with van der Waals surface area (Å²) in [5.74, 6) is 0.0690. The minimum absolute atomic E-state index is 0.0227. The van der Waals surface area contributed by atoms with Gasteiger partial charge in [-0.15, -0.1) is 0 Å². The lowest BCUT2D eigenvalue weighted by atomic mass is 9.55. The Balaban J connectivity index is 1.13. The van der Waals surface area contributed by atoms with Crippen molar-refractivity contribution in [2.24, 2.45) is 5.41 Å². The van der Waals surface area contributed by atoms with Gasteiger partial charge in [0.05, 0.1) is 0 Å². The topological polar surface area (TPSA) is 52.7 Å². The van der Waals surface area contributed by atoms with Crippen LogP contribution in [0.4, 0.5) is 9.18 Å². The number of halogens is 1. The second kappa shape index (κ2) is 6.96. The van der Waals surface area contributed by atoms with Gasteiger partial charge in [0.2, 0.25) is 5.91 Å². The molecule has 0 unspecified atom stereocenters. The standard InChI is InChI=1S/C24H32FN3O2/c1-16(29)28-12-6-17(7-13-28)27(2)22(30)26-21-15-24(21)10-8-23(9-11-24)14-18-19(23)4-3-5-20(18)25/h3-5,17,21H,6-15H2,1-2H3,(H,26,30)/t21-,23?,24?/m0/s1. The number of nitrogens with one attached hydrogen (secondary N) is 1. The molecule has 1 aromatic carbocycles. The molecule has 1 saturated heterocycles. The van der Waals surface area contributed by atoms with E-state index in [1.807, 2.05) is 22.9 Å². The van der Waals surface area contributed by atoms with Gasteiger partial charge in [-0.1, -0.05) is 12.1 Å². The predicted octanol–water partition coefficient (Wildman–Crippen LogP) is 3.60. The molecule has 5 rings (SSSR count). The lowest BCUT2D eigenvalue weighted by molar-refractivity contribution is -0.130. The molecule has 30 heavy (non-hydrogen) atoms. The number of hydrogen-bond donors (Lipinski definition) is 1. The fraction of sp³-hybridized carbons (Fsp3) is 0.667. The van der Waals surface area contributed by atoms with Crippen LogP contribution in [0.2, 0.25) is 0 Å². The molecule has 1 heterocycles. The Morgan fingerprint density at radius 3 is 2.53 bits per heavy atom. The summed E-state index contributed by atoms with van der Waals surface area (Å²) < 4.78 is 14.0. The van der Waals surface area contributed by atoms with Crippen molar-refractivity contribution in [3.05, 3.63) is 35.1 Å². The average molecular weight is 414 g/mol. The largest absolute Gasteiger partial charge is 0.343 e. The summed E-state index contributed by atoms with van der Waals surface area (Å²) in [7, 11) is 1.88. The summed E-state index contributed by atoms with van der Waals surface area (Å²) >= 11 is 0. The van der Waals surface area contributed by atoms with Crippen molar-refractivity contribution in [3.63, 3.8) is 0 Å². The van der Waals surface area contributed by atoms with Gasteiger partial charge in [0.1, 0.15) is 5.82 Å². The highest BCUT2D eigenvalue weighted by atomic mass is 19.1. The molecule has 5 nitrogen and oxygen atoms in total. The number of carbonyl (C=O) groups excluding carboxylic acids is 2. The molecule has 0 radical (unpaired) electrons. The summed E-state index contributed by atoms with van der Waals surface area (Å²) in [6, 6.07) is 6.02. The van der Waals surface area contributed by atoms with Gasteiger partial charge in [-0.3, -0.25) is 4.79 Å². The molecule has 6 heteroatoms. The van der Waals surface area contributed by atoms with E-state index in [1.54, 1.807) is 13.0 Å². The molecule has 1 N–H and O–H groups in total. The zero-order chi connectivity index (χ0) is 21.1. The molecular formula is C24H32FN3O2. The van der Waals surface area contributed by atoms with Gasteiger partial charge in [-0.2, -0.15) is 0 Å². The van der Waals surface area contributed by atoms with Crippen LogP contribution in [0.25, 0.3) is 0 Å². The molecular weight excluding hydrogens is 381 g/mol. The van der Waals surface area contributed by atoms with Crippen molar-refractivity contribution in [2.75, 3.05) is 20.1 Å². The average Bonchev–Trinajstić information content (AvgIpc) is 3.40. The van der Waals surface area contributed by atoms with E-state index >= 15 is 0 Å². The third kappa shape index (κ3) is 3.10. The van der Waals surface area contributed by atoms with Crippen molar-refractivity contribution in [1.29, 1.82) is 0 Å². The van der Waals surface area contributed by atoms with Gasteiger partial charge in [0.25, 0.3) is 0 Å². The second-order valence-corrected chi connectivity index (χ2v) is 10.1. The molecule has 4 aliphatic rings. The number of hydrogen-bond acceptors (Lipinski definition) is 2. The molecule has 3 aliphatic carbocycles. The molecule has 2 spiro atoms. The number of likely N-dealkylation sites (tertiary alicyclic amines) is 1. The smallest absolute Gasteiger partial charge is 0.317 e. The van der Waals surface area contributed by atoms with Crippen LogP contribution in [0.3, 0.4) is 0 Å². The molecule has 3 amide bonds. The molecule has 1 aromatic rings. The van der Waals surface area contributed by atoms with Crippen LogP contribution < -0.4 is 5.32 Å². The van der Waals surface area contributed by atoms with E-state index in [0.717, 1.165) is 70.0 Å². The Hall–Kier alpha value is -2.11. The van der Waals surface area contributed by atoms with E-state index in [0.29, 0.717) is 0 Å². The van der Waals surface area contributed by atoms with Crippen LogP contribution in [-0.2, 0) is 16.6 Å². The Morgan fingerprint density at radius 2 is 1.87 bits per heavy atom. The number of benzene rings is 1. The highest BCUT2D eigenvalue weighted by Crippen LogP contribution is 2.63. The van der Waals surface area contributed by atoms with Gasteiger partial charge in [-0.25, -0.2) is 9.18 Å². The van der Waals surface area contributed by atoms with Crippen LogP contribution in [0.1, 0.15) is 63.0 Å². The van der Waals surface area contributed by atoms with Crippen LogP contribution in [-0.4, -0.2) is 54.0 Å². The highest BCUT2D eigenvalue weighted by molar-refractivity contribution is 5.75. The summed E-state index contributed by atoms with van der Waals surface area (Å²) in [4.78, 5) is 28.0. The third-order valence-corrected chi connectivity index (χ3v) is 8.67. The number of amides is 3. The predicted molar refractivity (Wildman–Crippen MR) is 113 cm³/mol. The minimum atomic E-state index is -0.0489. The zero-order valence-electron chi connectivity index (χ0n) is 18.0. The number of nitrogens with zero attached hydrogens (tertiary/aromatic N) is 2. The lowest BCUT2D eigenvalue weighted by Crippen LogP contribution is -2.50. The van der Waals surface area contributed by atoms with Crippen molar-refractivity contribution >= 4 is 11.9 Å². The maximum absolute atomic E-state index is 14.0. The van der Waals surface area contributed by atoms with Gasteiger partial charge >= 0.3 is 6.03 Å². The van der Waals surface area contributed by atoms with Crippen molar-refractivity contribution in [3.8, 4) is 0 Å². The van der Waals surface area contributed by atoms with Gasteiger partial charge in [-0.05, 0) is 79.4 Å². The van der Waals surface area contributed by atoms with Crippen LogP contribution >= 0.6 is 0 Å². The molecule has 0 aromatic heterocycles. The Bertz CT molecular complexity index is 869. The SMILES string of the molecule is CC(=O)N1CCC(N(C)C(=O)N[C@H]2CC23CCC2(CC3)Cc3c(F)cccc32)CC1. The first-order valence-corrected chi connectivity index (χ1v) is 11.4. The monoisotopic (exact) mass is 413 g/mol. The Kier molecular flexibility index (Phi) is 4.60. The van der Waals surface area contributed by atoms with E-state index in [2.05, 4.69) is 11.4 Å². The first-order valence-electron chi connectivity index (χ1n) is 11.4. The molecule has 2 saturated carbocycles. The minimum Gasteiger partial charge on any atom is -0.343 e. The Labute approximate surface area is 178 Å². The summed E-state index contributed by atoms with van der Waals surface area (Å²) in [6.45, 7) is 3.07. The van der Waals surface area contributed by atoms with Crippen LogP contribution in [0, 0.1) is 11.2 Å². The van der Waals surface area contributed by atoms with Crippen LogP contribution in [0.5, 0.6) is 0 Å². The summed E-state index contributed by atoms with van der Waals surface area (Å²) in [5.41, 5.74) is 2.59. The number of fused-ring (bicyclic) bond motifs is 2. The van der Waals surface area contributed by atoms with E-state index in [-0.39, 0.29) is 40.7 Å². The van der Waals surface area contributed by atoms with E-state index in [9.17, 15) is 14.0 Å². The second-order valence-electron chi connectivity index (χ2n) is 10.1. The number of carbonyl (C=O) groups is 2. The quantitative estimate of drug-likeness (QED) is 0.805. The molecule has 0 bridgehead atoms. The Morgan fingerprint density at radius 1 is 1.17 bits per heavy atom. The van der Waals surface area contributed by atoms with Crippen molar-refractivity contribution in [1.82, 2.24) is 15.1 Å². The van der Waals surface area contributed by atoms with E-state index in [1.165, 1.54) is 5.56 Å². The first kappa shape index (κ1) is 19.8. The van der Waals surface area contributed by atoms with E-state index in [4.69, 9.17) is 0 Å². The summed E-state index contributed by atoms with van der Waals surface area (Å²) in [5, 5.41) is 3.28. The van der Waals surface area contributed by atoms with Gasteiger partial charge < -0.3 is 15.1 Å². The zero-order valence-corrected chi connectivity index (χ0v) is 18.0. The number of rotatable bonds is 2. The van der Waals surface area contributed by atoms with Gasteiger partial charge in [0.15, 0.2) is 0 Å². The van der Waals surface area contributed by atoms with Crippen LogP contribution in [0.15, 0.2) is 18.2 Å². The summed E-state index contributed by atoms with van der Waals surface area (Å²) in [6.07, 6.45) is 8.09. The van der Waals surface area contributed by atoms with Gasteiger partial charge in [0, 0.05) is 39.1 Å². The number of urea groups is 1. The molecule has 1 atom stereocenters. The molecule has 162 valence electrons. The number of piperidine rings is 1. The maximum Gasteiger partial charge on any atom is 0.317 e. The van der Waals surface area contributed by atoms with Crippen molar-refractivity contribution < 1.29 is 14.0 Å². The first-order chi connectivity index (χ1) is 14.3. The maximum atomic E-state index is 14.0. The highest BCUT2D eigenvalue weighted by Gasteiger charge is 2.60. The normalized spacial score (nSPS) is 32.5. The molecule has 1 aliphatic heterocycles. The van der Waals surface area contributed by atoms with Crippen molar-refractivity contribution in [2.45, 2.75) is 75.8 Å². The van der Waals surface area contributed by atoms with E-state index < -0.39 is 0 Å². The fourth-order valence-corrected chi connectivity index (χ4v) is 6.32. The fourth-order valence-electron chi connectivity index (χ4n) is 6.32. The lowest BCUT2D eigenvalue weighted by Gasteiger charge is -2.49.